The quantitative estimate of drug-likeness (QED) is 0.177. The van der Waals surface area contributed by atoms with Gasteiger partial charge in [0.15, 0.2) is 0 Å². The van der Waals surface area contributed by atoms with Gasteiger partial charge in [-0.15, -0.1) is 0 Å². The van der Waals surface area contributed by atoms with Gasteiger partial charge in [-0.2, -0.15) is 0 Å². The van der Waals surface area contributed by atoms with Crippen molar-refractivity contribution in [2.45, 2.75) is 0 Å². The highest BCUT2D eigenvalue weighted by Crippen LogP contribution is 2.52. The Labute approximate surface area is 285 Å². The summed E-state index contributed by atoms with van der Waals surface area (Å²) >= 11 is 0. The normalized spacial score (nSPS) is 11.8. The molecule has 1 heterocycles. The first-order valence-electron chi connectivity index (χ1n) is 16.9. The fourth-order valence-corrected chi connectivity index (χ4v) is 8.03. The summed E-state index contributed by atoms with van der Waals surface area (Å²) in [5, 5.41) is 7.31. The van der Waals surface area contributed by atoms with Crippen molar-refractivity contribution in [1.82, 2.24) is 0 Å². The summed E-state index contributed by atoms with van der Waals surface area (Å²) < 4.78 is 6.49. The van der Waals surface area contributed by atoms with Crippen molar-refractivity contribution in [1.29, 1.82) is 0 Å². The molecule has 0 radical (unpaired) electrons. The molecule has 10 rings (SSSR count). The van der Waals surface area contributed by atoms with E-state index >= 15 is 0 Å². The summed E-state index contributed by atoms with van der Waals surface area (Å²) in [6.07, 6.45) is 0. The number of fused-ring (bicyclic) bond motifs is 4. The predicted molar refractivity (Wildman–Crippen MR) is 206 cm³/mol. The molecular formula is C48H30O. The molecule has 49 heavy (non-hydrogen) atoms. The second-order valence-corrected chi connectivity index (χ2v) is 12.7. The van der Waals surface area contributed by atoms with E-state index in [0.29, 0.717) is 0 Å². The number of para-hydroxylation sites is 1. The molecule has 0 N–H and O–H groups in total. The first kappa shape index (κ1) is 27.7. The highest BCUT2D eigenvalue weighted by molar-refractivity contribution is 6.25. The number of hydrogen-bond donors (Lipinski definition) is 0. The monoisotopic (exact) mass is 622 g/mol. The highest BCUT2D eigenvalue weighted by Gasteiger charge is 2.24. The molecule has 0 fully saturated rings. The Morgan fingerprint density at radius 3 is 1.37 bits per heavy atom. The molecule has 228 valence electrons. The third-order valence-corrected chi connectivity index (χ3v) is 10.1. The summed E-state index contributed by atoms with van der Waals surface area (Å²) in [5.74, 6) is 1.81. The van der Waals surface area contributed by atoms with E-state index in [1.807, 2.05) is 6.07 Å². The van der Waals surface area contributed by atoms with Crippen molar-refractivity contribution in [2.75, 3.05) is 0 Å². The number of hydrogen-bond acceptors (Lipinski definition) is 1. The fraction of sp³-hybridized carbons (Fsp3) is 0. The van der Waals surface area contributed by atoms with E-state index in [9.17, 15) is 0 Å². The van der Waals surface area contributed by atoms with Crippen molar-refractivity contribution in [3.8, 4) is 67.1 Å². The Morgan fingerprint density at radius 2 is 0.694 bits per heavy atom. The molecule has 0 unspecified atom stereocenters. The maximum Gasteiger partial charge on any atom is 0.135 e. The van der Waals surface area contributed by atoms with Crippen LogP contribution in [0, 0.1) is 0 Å². The lowest BCUT2D eigenvalue weighted by molar-refractivity contribution is 0.487. The average molecular weight is 623 g/mol. The molecule has 1 aliphatic rings. The van der Waals surface area contributed by atoms with Gasteiger partial charge in [0, 0.05) is 10.9 Å². The van der Waals surface area contributed by atoms with E-state index in [2.05, 4.69) is 176 Å². The van der Waals surface area contributed by atoms with Crippen LogP contribution in [0.3, 0.4) is 0 Å². The SMILES string of the molecule is c1ccc(-c2ccccc2-c2ccccc2-c2c3ccccc3c(-c3ccc4c5c(cccc35)Oc3ccccc3-4)c3ccccc23)cc1. The van der Waals surface area contributed by atoms with E-state index in [0.717, 1.165) is 17.1 Å². The van der Waals surface area contributed by atoms with Gasteiger partial charge in [0.1, 0.15) is 11.5 Å². The molecule has 0 bridgehead atoms. The van der Waals surface area contributed by atoms with Crippen LogP contribution >= 0.6 is 0 Å². The van der Waals surface area contributed by atoms with Crippen molar-refractivity contribution < 1.29 is 4.74 Å². The second kappa shape index (κ2) is 11.1. The summed E-state index contributed by atoms with van der Waals surface area (Å²) in [5.41, 5.74) is 12.2. The van der Waals surface area contributed by atoms with Crippen LogP contribution in [0.25, 0.3) is 88.0 Å². The predicted octanol–water partition coefficient (Wildman–Crippen LogP) is 13.6. The van der Waals surface area contributed by atoms with E-state index < -0.39 is 0 Å². The van der Waals surface area contributed by atoms with E-state index in [4.69, 9.17) is 4.74 Å². The van der Waals surface area contributed by atoms with Crippen LogP contribution in [-0.4, -0.2) is 0 Å². The molecule has 0 amide bonds. The maximum absolute atomic E-state index is 6.49. The zero-order chi connectivity index (χ0) is 32.3. The Bertz CT molecular complexity index is 2680. The lowest BCUT2D eigenvalue weighted by Gasteiger charge is -2.24. The molecule has 0 spiro atoms. The summed E-state index contributed by atoms with van der Waals surface area (Å²) in [7, 11) is 0. The molecular weight excluding hydrogens is 593 g/mol. The van der Waals surface area contributed by atoms with E-state index in [1.165, 1.54) is 82.4 Å². The van der Waals surface area contributed by atoms with Gasteiger partial charge in [0.2, 0.25) is 0 Å². The van der Waals surface area contributed by atoms with Crippen LogP contribution in [0.1, 0.15) is 0 Å². The standard InChI is InChI=1S/C48H30O/c1-2-15-31(16-3-1)32-17-4-5-18-33(32)34-19-6-7-21-36(34)46-37-22-8-10-24-39(37)47(40-25-11-9-23-38(40)46)43-30-29-42-35-20-12-13-27-44(35)49-45-28-14-26-41(43)48(42)45/h1-30H. The molecule has 1 aliphatic heterocycles. The molecule has 0 atom stereocenters. The molecule has 0 saturated heterocycles. The number of rotatable bonds is 4. The lowest BCUT2D eigenvalue weighted by Crippen LogP contribution is -1.98. The lowest BCUT2D eigenvalue weighted by atomic mass is 9.81. The zero-order valence-electron chi connectivity index (χ0n) is 26.7. The van der Waals surface area contributed by atoms with Crippen LogP contribution in [0.15, 0.2) is 182 Å². The van der Waals surface area contributed by atoms with Gasteiger partial charge in [0.05, 0.1) is 0 Å². The van der Waals surface area contributed by atoms with Crippen LogP contribution in [0.2, 0.25) is 0 Å². The van der Waals surface area contributed by atoms with Crippen LogP contribution < -0.4 is 4.74 Å². The van der Waals surface area contributed by atoms with Gasteiger partial charge in [-0.3, -0.25) is 0 Å². The van der Waals surface area contributed by atoms with E-state index in [1.54, 1.807) is 0 Å². The molecule has 0 aliphatic carbocycles. The highest BCUT2D eigenvalue weighted by atomic mass is 16.5. The van der Waals surface area contributed by atoms with Crippen LogP contribution in [0.4, 0.5) is 0 Å². The maximum atomic E-state index is 6.49. The first-order valence-corrected chi connectivity index (χ1v) is 16.9. The topological polar surface area (TPSA) is 9.23 Å². The minimum atomic E-state index is 0.906. The van der Waals surface area contributed by atoms with Gasteiger partial charge in [-0.1, -0.05) is 170 Å². The van der Waals surface area contributed by atoms with E-state index in [-0.39, 0.29) is 0 Å². The Morgan fingerprint density at radius 1 is 0.245 bits per heavy atom. The third-order valence-electron chi connectivity index (χ3n) is 10.1. The van der Waals surface area contributed by atoms with Gasteiger partial charge < -0.3 is 4.74 Å². The number of ether oxygens (including phenoxy) is 1. The fourth-order valence-electron chi connectivity index (χ4n) is 8.03. The summed E-state index contributed by atoms with van der Waals surface area (Å²) in [4.78, 5) is 0. The van der Waals surface area contributed by atoms with Crippen LogP contribution in [-0.2, 0) is 0 Å². The third kappa shape index (κ3) is 4.26. The number of benzene rings is 9. The van der Waals surface area contributed by atoms with Crippen molar-refractivity contribution >= 4 is 32.3 Å². The Kier molecular flexibility index (Phi) is 6.25. The van der Waals surface area contributed by atoms with Crippen molar-refractivity contribution in [3.05, 3.63) is 182 Å². The minimum Gasteiger partial charge on any atom is -0.456 e. The van der Waals surface area contributed by atoms with Crippen molar-refractivity contribution in [3.63, 3.8) is 0 Å². The van der Waals surface area contributed by atoms with Gasteiger partial charge in [0.25, 0.3) is 0 Å². The largest absolute Gasteiger partial charge is 0.456 e. The van der Waals surface area contributed by atoms with Gasteiger partial charge in [-0.05, 0) is 89.1 Å². The molecule has 1 heteroatoms. The smallest absolute Gasteiger partial charge is 0.135 e. The Balaban J connectivity index is 1.28. The molecule has 1 nitrogen and oxygen atoms in total. The second-order valence-electron chi connectivity index (χ2n) is 12.7. The molecule has 0 aromatic heterocycles. The van der Waals surface area contributed by atoms with Crippen LogP contribution in [0.5, 0.6) is 11.5 Å². The summed E-state index contributed by atoms with van der Waals surface area (Å²) in [6, 6.07) is 65.7. The Hall–Kier alpha value is -6.44. The minimum absolute atomic E-state index is 0.906. The first-order chi connectivity index (χ1) is 24.3. The van der Waals surface area contributed by atoms with Gasteiger partial charge in [-0.25, -0.2) is 0 Å². The van der Waals surface area contributed by atoms with Gasteiger partial charge >= 0.3 is 0 Å². The zero-order valence-corrected chi connectivity index (χ0v) is 26.7. The molecule has 9 aromatic carbocycles. The molecule has 0 saturated carbocycles. The summed E-state index contributed by atoms with van der Waals surface area (Å²) in [6.45, 7) is 0. The van der Waals surface area contributed by atoms with Crippen molar-refractivity contribution in [2.24, 2.45) is 0 Å². The molecule has 9 aromatic rings. The average Bonchev–Trinajstić information content (AvgIpc) is 3.18.